The number of halogens is 1. The van der Waals surface area contributed by atoms with E-state index in [4.69, 9.17) is 5.73 Å². The summed E-state index contributed by atoms with van der Waals surface area (Å²) in [7, 11) is 0. The SMILES string of the molecule is CC(CC(=O)Nc1cccc(N2CCCC2)c1)NC(=O)c1ccc(CN)cc1.Cl. The van der Waals surface area contributed by atoms with Gasteiger partial charge in [-0.25, -0.2) is 0 Å². The Hall–Kier alpha value is -2.57. The van der Waals surface area contributed by atoms with Gasteiger partial charge in [-0.05, 0) is 55.7 Å². The lowest BCUT2D eigenvalue weighted by atomic mass is 10.1. The molecule has 4 N–H and O–H groups in total. The number of nitrogens with zero attached hydrogens (tertiary/aromatic N) is 1. The maximum absolute atomic E-state index is 12.4. The Morgan fingerprint density at radius 3 is 2.45 bits per heavy atom. The van der Waals surface area contributed by atoms with Crippen LogP contribution in [0.5, 0.6) is 0 Å². The first kappa shape index (κ1) is 22.7. The Balaban J connectivity index is 0.00000300. The highest BCUT2D eigenvalue weighted by Gasteiger charge is 2.15. The van der Waals surface area contributed by atoms with E-state index in [1.807, 2.05) is 37.3 Å². The first-order valence-electron chi connectivity index (χ1n) is 9.80. The van der Waals surface area contributed by atoms with Crippen LogP contribution in [0.1, 0.15) is 42.1 Å². The van der Waals surface area contributed by atoms with Crippen molar-refractivity contribution in [2.45, 2.75) is 38.8 Å². The molecule has 7 heteroatoms. The second kappa shape index (κ2) is 10.8. The molecule has 1 atom stereocenters. The van der Waals surface area contributed by atoms with Crippen LogP contribution in [0.4, 0.5) is 11.4 Å². The minimum atomic E-state index is -0.275. The molecule has 1 unspecified atom stereocenters. The summed E-state index contributed by atoms with van der Waals surface area (Å²) in [5.74, 6) is -0.315. The van der Waals surface area contributed by atoms with Gasteiger partial charge in [-0.2, -0.15) is 0 Å². The molecular weight excluding hydrogens is 388 g/mol. The average molecular weight is 417 g/mol. The van der Waals surface area contributed by atoms with Crippen LogP contribution in [0.2, 0.25) is 0 Å². The number of rotatable bonds is 7. The predicted molar refractivity (Wildman–Crippen MR) is 120 cm³/mol. The van der Waals surface area contributed by atoms with E-state index in [0.29, 0.717) is 12.1 Å². The van der Waals surface area contributed by atoms with E-state index in [0.717, 1.165) is 30.0 Å². The van der Waals surface area contributed by atoms with Gasteiger partial charge in [0.15, 0.2) is 0 Å². The molecule has 2 aromatic carbocycles. The third kappa shape index (κ3) is 6.48. The molecule has 6 nitrogen and oxygen atoms in total. The molecule has 1 aliphatic heterocycles. The molecule has 1 aliphatic rings. The quantitative estimate of drug-likeness (QED) is 0.646. The zero-order valence-corrected chi connectivity index (χ0v) is 17.5. The molecule has 3 rings (SSSR count). The van der Waals surface area contributed by atoms with Crippen molar-refractivity contribution in [3.63, 3.8) is 0 Å². The molecule has 1 saturated heterocycles. The molecule has 0 aromatic heterocycles. The number of carbonyl (C=O) groups excluding carboxylic acids is 2. The Labute approximate surface area is 178 Å². The number of anilines is 2. The largest absolute Gasteiger partial charge is 0.371 e. The molecule has 1 fully saturated rings. The maximum atomic E-state index is 12.4. The average Bonchev–Trinajstić information content (AvgIpc) is 3.23. The fraction of sp³-hybridized carbons (Fsp3) is 0.364. The van der Waals surface area contributed by atoms with Gasteiger partial charge >= 0.3 is 0 Å². The summed E-state index contributed by atoms with van der Waals surface area (Å²) < 4.78 is 0. The highest BCUT2D eigenvalue weighted by atomic mass is 35.5. The van der Waals surface area contributed by atoms with Crippen molar-refractivity contribution in [2.24, 2.45) is 5.73 Å². The van der Waals surface area contributed by atoms with Crippen molar-refractivity contribution < 1.29 is 9.59 Å². The van der Waals surface area contributed by atoms with Gasteiger partial charge in [0.1, 0.15) is 0 Å². The minimum Gasteiger partial charge on any atom is -0.371 e. The third-order valence-electron chi connectivity index (χ3n) is 4.92. The number of carbonyl (C=O) groups is 2. The second-order valence-electron chi connectivity index (χ2n) is 7.27. The van der Waals surface area contributed by atoms with E-state index in [1.54, 1.807) is 12.1 Å². The van der Waals surface area contributed by atoms with Crippen molar-refractivity contribution in [1.29, 1.82) is 0 Å². The van der Waals surface area contributed by atoms with Gasteiger partial charge in [0.25, 0.3) is 5.91 Å². The normalized spacial score (nSPS) is 14.1. The fourth-order valence-electron chi connectivity index (χ4n) is 3.40. The smallest absolute Gasteiger partial charge is 0.251 e. The second-order valence-corrected chi connectivity index (χ2v) is 7.27. The van der Waals surface area contributed by atoms with E-state index >= 15 is 0 Å². The van der Waals surface area contributed by atoms with Crippen LogP contribution in [0.3, 0.4) is 0 Å². The van der Waals surface area contributed by atoms with Gasteiger partial charge in [0, 0.05) is 49.0 Å². The number of amides is 2. The molecule has 2 amide bonds. The summed E-state index contributed by atoms with van der Waals surface area (Å²) in [6.07, 6.45) is 2.63. The summed E-state index contributed by atoms with van der Waals surface area (Å²) in [6, 6.07) is 14.8. The van der Waals surface area contributed by atoms with Crippen LogP contribution < -0.4 is 21.3 Å². The van der Waals surface area contributed by atoms with Crippen molar-refractivity contribution in [3.05, 3.63) is 59.7 Å². The van der Waals surface area contributed by atoms with E-state index in [1.165, 1.54) is 12.8 Å². The van der Waals surface area contributed by atoms with Gasteiger partial charge in [0.2, 0.25) is 5.91 Å². The molecule has 0 radical (unpaired) electrons. The predicted octanol–water partition coefficient (Wildman–Crippen LogP) is 3.31. The van der Waals surface area contributed by atoms with E-state index in [-0.39, 0.29) is 36.7 Å². The molecule has 1 heterocycles. The molecule has 0 saturated carbocycles. The number of hydrogen-bond donors (Lipinski definition) is 3. The van der Waals surface area contributed by atoms with E-state index in [2.05, 4.69) is 21.6 Å². The standard InChI is InChI=1S/C22H28N4O2.ClH/c1-16(24-22(28)18-9-7-17(15-23)8-10-18)13-21(27)25-19-5-4-6-20(14-19)26-11-2-3-12-26;/h4-10,14,16H,2-3,11-13,15,23H2,1H3,(H,24,28)(H,25,27);1H. The number of benzene rings is 2. The maximum Gasteiger partial charge on any atom is 0.251 e. The lowest BCUT2D eigenvalue weighted by Crippen LogP contribution is -2.35. The fourth-order valence-corrected chi connectivity index (χ4v) is 3.40. The Morgan fingerprint density at radius 1 is 1.10 bits per heavy atom. The summed E-state index contributed by atoms with van der Waals surface area (Å²) in [4.78, 5) is 27.0. The van der Waals surface area contributed by atoms with Crippen LogP contribution in [-0.4, -0.2) is 30.9 Å². The van der Waals surface area contributed by atoms with E-state index in [9.17, 15) is 9.59 Å². The van der Waals surface area contributed by atoms with Gasteiger partial charge in [-0.3, -0.25) is 9.59 Å². The van der Waals surface area contributed by atoms with Crippen LogP contribution in [0.15, 0.2) is 48.5 Å². The van der Waals surface area contributed by atoms with E-state index < -0.39 is 0 Å². The zero-order valence-electron chi connectivity index (χ0n) is 16.7. The summed E-state index contributed by atoms with van der Waals surface area (Å²) in [6.45, 7) is 4.39. The molecule has 0 bridgehead atoms. The monoisotopic (exact) mass is 416 g/mol. The van der Waals surface area contributed by atoms with Crippen molar-refractivity contribution in [2.75, 3.05) is 23.3 Å². The van der Waals surface area contributed by atoms with Crippen LogP contribution in [0, 0.1) is 0 Å². The van der Waals surface area contributed by atoms with Crippen LogP contribution in [0.25, 0.3) is 0 Å². The Bertz CT molecular complexity index is 820. The lowest BCUT2D eigenvalue weighted by Gasteiger charge is -2.19. The molecule has 0 spiro atoms. The minimum absolute atomic E-state index is 0. The first-order chi connectivity index (χ1) is 13.5. The highest BCUT2D eigenvalue weighted by molar-refractivity contribution is 5.95. The third-order valence-corrected chi connectivity index (χ3v) is 4.92. The Kier molecular flexibility index (Phi) is 8.49. The number of nitrogens with one attached hydrogen (secondary N) is 2. The molecule has 0 aliphatic carbocycles. The van der Waals surface area contributed by atoms with Gasteiger partial charge in [0.05, 0.1) is 0 Å². The summed E-state index contributed by atoms with van der Waals surface area (Å²) in [5, 5.41) is 5.80. The van der Waals surface area contributed by atoms with Gasteiger partial charge in [-0.1, -0.05) is 18.2 Å². The number of nitrogens with two attached hydrogens (primary N) is 1. The molecule has 29 heavy (non-hydrogen) atoms. The van der Waals surface area contributed by atoms with Crippen molar-refractivity contribution in [1.82, 2.24) is 5.32 Å². The van der Waals surface area contributed by atoms with Crippen LogP contribution in [-0.2, 0) is 11.3 Å². The highest BCUT2D eigenvalue weighted by Crippen LogP contribution is 2.23. The first-order valence-corrected chi connectivity index (χ1v) is 9.80. The molecule has 2 aromatic rings. The number of hydrogen-bond acceptors (Lipinski definition) is 4. The summed E-state index contributed by atoms with van der Waals surface area (Å²) in [5.41, 5.74) is 9.02. The topological polar surface area (TPSA) is 87.5 Å². The van der Waals surface area contributed by atoms with Gasteiger partial charge in [-0.15, -0.1) is 12.4 Å². The Morgan fingerprint density at radius 2 is 1.79 bits per heavy atom. The van der Waals surface area contributed by atoms with Crippen molar-refractivity contribution >= 4 is 35.6 Å². The molecule has 156 valence electrons. The zero-order chi connectivity index (χ0) is 19.9. The summed E-state index contributed by atoms with van der Waals surface area (Å²) >= 11 is 0. The van der Waals surface area contributed by atoms with Gasteiger partial charge < -0.3 is 21.3 Å². The lowest BCUT2D eigenvalue weighted by molar-refractivity contribution is -0.116. The molecular formula is C22H29ClN4O2. The van der Waals surface area contributed by atoms with Crippen molar-refractivity contribution in [3.8, 4) is 0 Å². The van der Waals surface area contributed by atoms with Crippen LogP contribution >= 0.6 is 12.4 Å².